The number of urea groups is 1. The lowest BCUT2D eigenvalue weighted by molar-refractivity contribution is 0.147. The number of nitrogens with one attached hydrogen (secondary N) is 3. The predicted molar refractivity (Wildman–Crippen MR) is 131 cm³/mol. The molecule has 0 bridgehead atoms. The number of carbonyl (C=O) groups is 2. The van der Waals surface area contributed by atoms with Crippen molar-refractivity contribution in [1.29, 1.82) is 0 Å². The summed E-state index contributed by atoms with van der Waals surface area (Å²) in [5, 5.41) is 14.9. The molecule has 33 heavy (non-hydrogen) atoms. The lowest BCUT2D eigenvalue weighted by Gasteiger charge is -2.35. The molecule has 0 aliphatic heterocycles. The van der Waals surface area contributed by atoms with Crippen molar-refractivity contribution in [3.63, 3.8) is 0 Å². The third-order valence-electron chi connectivity index (χ3n) is 4.78. The third kappa shape index (κ3) is 10.4. The maximum Gasteiger partial charge on any atom is 0.404 e. The zero-order chi connectivity index (χ0) is 25.4. The quantitative estimate of drug-likeness (QED) is 0.323. The highest BCUT2D eigenvalue weighted by molar-refractivity contribution is 7.89. The monoisotopic (exact) mass is 524 g/mol. The summed E-state index contributed by atoms with van der Waals surface area (Å²) in [4.78, 5) is 25.4. The second kappa shape index (κ2) is 12.6. The topological polar surface area (TPSA) is 128 Å². The maximum atomic E-state index is 12.7. The van der Waals surface area contributed by atoms with Crippen LogP contribution >= 0.6 is 23.2 Å². The van der Waals surface area contributed by atoms with E-state index in [2.05, 4.69) is 15.4 Å². The Hall–Kier alpha value is -1.75. The summed E-state index contributed by atoms with van der Waals surface area (Å²) >= 11 is 11.8. The molecule has 0 aromatic heterocycles. The molecule has 0 aliphatic rings. The number of halogens is 2. The molecule has 0 fully saturated rings. The summed E-state index contributed by atoms with van der Waals surface area (Å²) in [6, 6.07) is 3.27. The van der Waals surface area contributed by atoms with Crippen molar-refractivity contribution < 1.29 is 23.1 Å². The fourth-order valence-electron chi connectivity index (χ4n) is 2.92. The summed E-state index contributed by atoms with van der Waals surface area (Å²) in [5.41, 5.74) is -0.414. The van der Waals surface area contributed by atoms with Gasteiger partial charge in [-0.05, 0) is 50.3 Å². The minimum Gasteiger partial charge on any atom is -0.465 e. The molecule has 0 radical (unpaired) electrons. The number of rotatable bonds is 11. The first kappa shape index (κ1) is 29.3. The van der Waals surface area contributed by atoms with Crippen molar-refractivity contribution >= 4 is 45.3 Å². The van der Waals surface area contributed by atoms with Crippen molar-refractivity contribution in [1.82, 2.24) is 20.3 Å². The first-order chi connectivity index (χ1) is 15.1. The van der Waals surface area contributed by atoms with Gasteiger partial charge in [-0.2, -0.15) is 0 Å². The molecule has 1 aromatic rings. The van der Waals surface area contributed by atoms with Gasteiger partial charge in [-0.15, -0.1) is 0 Å². The van der Waals surface area contributed by atoms with Crippen LogP contribution in [0.5, 0.6) is 0 Å². The second-order valence-corrected chi connectivity index (χ2v) is 11.7. The zero-order valence-corrected chi connectivity index (χ0v) is 21.9. The molecule has 0 saturated heterocycles. The Morgan fingerprint density at radius 1 is 1.12 bits per heavy atom. The van der Waals surface area contributed by atoms with Crippen LogP contribution in [0.4, 0.5) is 9.59 Å². The SMILES string of the molecule is CC(C)NC(=O)N(CCCCNS(=O)(=O)c1ccc(Cl)cc1Cl)CC(NC(=O)O)C(C)(C)C. The Morgan fingerprint density at radius 2 is 1.76 bits per heavy atom. The summed E-state index contributed by atoms with van der Waals surface area (Å²) < 4.78 is 27.4. The van der Waals surface area contributed by atoms with Crippen LogP contribution in [-0.2, 0) is 10.0 Å². The summed E-state index contributed by atoms with van der Waals surface area (Å²) in [6.45, 7) is 10.0. The van der Waals surface area contributed by atoms with Gasteiger partial charge in [0, 0.05) is 30.7 Å². The summed E-state index contributed by atoms with van der Waals surface area (Å²) in [5.74, 6) is 0. The third-order valence-corrected chi connectivity index (χ3v) is 6.95. The molecule has 1 atom stereocenters. The summed E-state index contributed by atoms with van der Waals surface area (Å²) in [6.07, 6.45) is -0.191. The van der Waals surface area contributed by atoms with Crippen molar-refractivity contribution in [2.45, 2.75) is 64.4 Å². The van der Waals surface area contributed by atoms with Gasteiger partial charge in [0.25, 0.3) is 0 Å². The fraction of sp³-hybridized carbons (Fsp3) is 0.619. The Balaban J connectivity index is 2.75. The maximum absolute atomic E-state index is 12.7. The average molecular weight is 525 g/mol. The van der Waals surface area contributed by atoms with E-state index in [1.54, 1.807) is 4.90 Å². The van der Waals surface area contributed by atoms with Gasteiger partial charge in [0.05, 0.1) is 11.1 Å². The highest BCUT2D eigenvalue weighted by Crippen LogP contribution is 2.25. The van der Waals surface area contributed by atoms with Crippen LogP contribution in [0.1, 0.15) is 47.5 Å². The van der Waals surface area contributed by atoms with Crippen LogP contribution in [0.3, 0.4) is 0 Å². The largest absolute Gasteiger partial charge is 0.465 e. The number of hydrogen-bond acceptors (Lipinski definition) is 4. The van der Waals surface area contributed by atoms with E-state index in [-0.39, 0.29) is 35.1 Å². The van der Waals surface area contributed by atoms with E-state index in [0.717, 1.165) is 0 Å². The summed E-state index contributed by atoms with van der Waals surface area (Å²) in [7, 11) is -3.80. The number of nitrogens with zero attached hydrogens (tertiary/aromatic N) is 1. The fourth-order valence-corrected chi connectivity index (χ4v) is 4.77. The molecule has 0 heterocycles. The Morgan fingerprint density at radius 3 is 2.27 bits per heavy atom. The molecule has 1 unspecified atom stereocenters. The Kier molecular flexibility index (Phi) is 11.2. The number of carbonyl (C=O) groups excluding carboxylic acids is 1. The van der Waals surface area contributed by atoms with Gasteiger partial charge in [-0.25, -0.2) is 22.7 Å². The molecule has 9 nitrogen and oxygen atoms in total. The zero-order valence-electron chi connectivity index (χ0n) is 19.6. The van der Waals surface area contributed by atoms with Crippen LogP contribution in [-0.4, -0.2) is 62.3 Å². The van der Waals surface area contributed by atoms with E-state index >= 15 is 0 Å². The van der Waals surface area contributed by atoms with Gasteiger partial charge < -0.3 is 20.6 Å². The lowest BCUT2D eigenvalue weighted by Crippen LogP contribution is -2.54. The number of unbranched alkanes of at least 4 members (excludes halogenated alkanes) is 1. The first-order valence-corrected chi connectivity index (χ1v) is 12.9. The van der Waals surface area contributed by atoms with Crippen LogP contribution in [0.15, 0.2) is 23.1 Å². The van der Waals surface area contributed by atoms with Crippen molar-refractivity contribution in [2.75, 3.05) is 19.6 Å². The molecule has 188 valence electrons. The van der Waals surface area contributed by atoms with Crippen LogP contribution in [0, 0.1) is 5.41 Å². The highest BCUT2D eigenvalue weighted by atomic mass is 35.5. The van der Waals surface area contributed by atoms with Gasteiger partial charge >= 0.3 is 12.1 Å². The Labute approximate surface area is 206 Å². The van der Waals surface area contributed by atoms with E-state index in [9.17, 15) is 23.1 Å². The number of hydrogen-bond donors (Lipinski definition) is 4. The highest BCUT2D eigenvalue weighted by Gasteiger charge is 2.30. The van der Waals surface area contributed by atoms with Crippen molar-refractivity contribution in [3.05, 3.63) is 28.2 Å². The molecule has 12 heteroatoms. The van der Waals surface area contributed by atoms with E-state index in [1.165, 1.54) is 18.2 Å². The van der Waals surface area contributed by atoms with E-state index in [0.29, 0.717) is 24.4 Å². The van der Waals surface area contributed by atoms with Crippen molar-refractivity contribution in [2.24, 2.45) is 5.41 Å². The van der Waals surface area contributed by atoms with E-state index in [4.69, 9.17) is 23.2 Å². The van der Waals surface area contributed by atoms with E-state index in [1.807, 2.05) is 34.6 Å². The van der Waals surface area contributed by atoms with Gasteiger partial charge in [-0.3, -0.25) is 0 Å². The molecule has 0 spiro atoms. The standard InChI is InChI=1S/C21H34Cl2N4O5S/c1-14(2)25-19(28)27(13-18(21(3,4)5)26-20(29)30)11-7-6-10-24-33(31,32)17-9-8-15(22)12-16(17)23/h8-9,12,14,18,24,26H,6-7,10-11,13H2,1-5H3,(H,25,28)(H,29,30). The Bertz CT molecular complexity index is 920. The second-order valence-electron chi connectivity index (χ2n) is 9.10. The molecule has 0 aliphatic carbocycles. The minimum absolute atomic E-state index is 0.0330. The molecule has 4 N–H and O–H groups in total. The normalized spacial score (nSPS) is 13.0. The van der Waals surface area contributed by atoms with Gasteiger partial charge in [0.1, 0.15) is 4.90 Å². The number of benzene rings is 1. The smallest absolute Gasteiger partial charge is 0.404 e. The van der Waals surface area contributed by atoms with Gasteiger partial charge in [0.2, 0.25) is 10.0 Å². The van der Waals surface area contributed by atoms with Gasteiger partial charge in [-0.1, -0.05) is 44.0 Å². The first-order valence-electron chi connectivity index (χ1n) is 10.6. The number of amides is 3. The molecule has 1 aromatic carbocycles. The molecular formula is C21H34Cl2N4O5S. The minimum atomic E-state index is -3.80. The van der Waals surface area contributed by atoms with Crippen LogP contribution in [0.25, 0.3) is 0 Å². The lowest BCUT2D eigenvalue weighted by atomic mass is 9.86. The van der Waals surface area contributed by atoms with Gasteiger partial charge in [0.15, 0.2) is 0 Å². The van der Waals surface area contributed by atoms with E-state index < -0.39 is 27.6 Å². The van der Waals surface area contributed by atoms with Crippen LogP contribution in [0.2, 0.25) is 10.0 Å². The van der Waals surface area contributed by atoms with Crippen LogP contribution < -0.4 is 15.4 Å². The molecule has 3 amide bonds. The molecule has 1 rings (SSSR count). The number of carboxylic acid groups (broad SMARTS) is 1. The average Bonchev–Trinajstić information content (AvgIpc) is 2.63. The number of sulfonamides is 1. The molecular weight excluding hydrogens is 491 g/mol. The molecule has 0 saturated carbocycles. The predicted octanol–water partition coefficient (Wildman–Crippen LogP) is 4.15. The van der Waals surface area contributed by atoms with Crippen molar-refractivity contribution in [3.8, 4) is 0 Å².